The van der Waals surface area contributed by atoms with Crippen LogP contribution in [-0.4, -0.2) is 34.1 Å². The zero-order chi connectivity index (χ0) is 16.9. The third-order valence-electron chi connectivity index (χ3n) is 5.49. The second kappa shape index (κ2) is 5.93. The van der Waals surface area contributed by atoms with Crippen LogP contribution in [0.3, 0.4) is 0 Å². The second-order valence-corrected chi connectivity index (χ2v) is 9.46. The summed E-state index contributed by atoms with van der Waals surface area (Å²) in [5, 5.41) is 2.13. The zero-order valence-electron chi connectivity index (χ0n) is 14.8. The molecule has 0 spiro atoms. The minimum atomic E-state index is 0.252. The molecule has 2 atom stereocenters. The molecule has 3 heterocycles. The minimum absolute atomic E-state index is 0.252. The minimum Gasteiger partial charge on any atom is -0.326 e. The van der Waals surface area contributed by atoms with Crippen LogP contribution in [0, 0.1) is 11.3 Å². The SMILES string of the molecule is CC(C)(C)C1CCc2sc3cnc(NN4CC[C@H](N)C4)nc3c2C1. The molecular weight excluding hydrogens is 318 g/mol. The molecule has 2 aromatic heterocycles. The van der Waals surface area contributed by atoms with Crippen molar-refractivity contribution in [2.45, 2.75) is 52.5 Å². The Kier molecular flexibility index (Phi) is 4.01. The molecule has 24 heavy (non-hydrogen) atoms. The average molecular weight is 346 g/mol. The fourth-order valence-electron chi connectivity index (χ4n) is 3.88. The van der Waals surface area contributed by atoms with Crippen LogP contribution in [0.1, 0.15) is 44.1 Å². The van der Waals surface area contributed by atoms with Gasteiger partial charge in [0.25, 0.3) is 0 Å². The smallest absolute Gasteiger partial charge is 0.238 e. The zero-order valence-corrected chi connectivity index (χ0v) is 15.6. The number of nitrogens with zero attached hydrogens (tertiary/aromatic N) is 3. The van der Waals surface area contributed by atoms with Crippen LogP contribution in [0.4, 0.5) is 5.95 Å². The van der Waals surface area contributed by atoms with Crippen LogP contribution >= 0.6 is 11.3 Å². The number of nitrogens with one attached hydrogen (secondary N) is 1. The molecule has 2 aliphatic rings. The van der Waals surface area contributed by atoms with Gasteiger partial charge >= 0.3 is 0 Å². The Balaban J connectivity index is 1.62. The van der Waals surface area contributed by atoms with Gasteiger partial charge in [0.15, 0.2) is 0 Å². The van der Waals surface area contributed by atoms with Crippen LogP contribution in [0.2, 0.25) is 0 Å². The van der Waals surface area contributed by atoms with Crippen LogP contribution in [0.25, 0.3) is 10.2 Å². The van der Waals surface area contributed by atoms with Crippen molar-refractivity contribution in [2.24, 2.45) is 17.1 Å². The third-order valence-corrected chi connectivity index (χ3v) is 6.70. The van der Waals surface area contributed by atoms with Gasteiger partial charge in [-0.05, 0) is 42.6 Å². The van der Waals surface area contributed by atoms with Crippen LogP contribution in [0.15, 0.2) is 6.20 Å². The molecule has 1 aliphatic carbocycles. The Labute approximate surface area is 147 Å². The van der Waals surface area contributed by atoms with E-state index in [0.717, 1.165) is 37.4 Å². The van der Waals surface area contributed by atoms with Crippen molar-refractivity contribution in [3.05, 3.63) is 16.6 Å². The van der Waals surface area contributed by atoms with Crippen LogP contribution in [-0.2, 0) is 12.8 Å². The predicted molar refractivity (Wildman–Crippen MR) is 100 cm³/mol. The molecule has 0 radical (unpaired) electrons. The summed E-state index contributed by atoms with van der Waals surface area (Å²) in [6, 6.07) is 0.252. The molecule has 1 aliphatic heterocycles. The van der Waals surface area contributed by atoms with E-state index in [1.54, 1.807) is 0 Å². The van der Waals surface area contributed by atoms with Gasteiger partial charge in [-0.15, -0.1) is 11.3 Å². The lowest BCUT2D eigenvalue weighted by atomic mass is 9.72. The normalized spacial score (nSPS) is 25.2. The lowest BCUT2D eigenvalue weighted by Crippen LogP contribution is -2.31. The first kappa shape index (κ1) is 16.2. The molecule has 6 heteroatoms. The summed E-state index contributed by atoms with van der Waals surface area (Å²) in [7, 11) is 0. The number of hydrogen-bond donors (Lipinski definition) is 2. The molecule has 0 aromatic carbocycles. The van der Waals surface area contributed by atoms with Crippen molar-refractivity contribution in [3.63, 3.8) is 0 Å². The lowest BCUT2D eigenvalue weighted by molar-refractivity contribution is 0.217. The molecule has 0 bridgehead atoms. The summed E-state index contributed by atoms with van der Waals surface area (Å²) < 4.78 is 1.22. The van der Waals surface area contributed by atoms with Gasteiger partial charge in [0, 0.05) is 24.0 Å². The topological polar surface area (TPSA) is 67.1 Å². The quantitative estimate of drug-likeness (QED) is 0.875. The van der Waals surface area contributed by atoms with Crippen LogP contribution < -0.4 is 11.2 Å². The van der Waals surface area contributed by atoms with E-state index in [0.29, 0.717) is 11.4 Å². The van der Waals surface area contributed by atoms with E-state index >= 15 is 0 Å². The molecular formula is C18H27N5S. The fraction of sp³-hybridized carbons (Fsp3) is 0.667. The van der Waals surface area contributed by atoms with Gasteiger partial charge in [0.05, 0.1) is 16.4 Å². The van der Waals surface area contributed by atoms with E-state index < -0.39 is 0 Å². The highest BCUT2D eigenvalue weighted by molar-refractivity contribution is 7.19. The molecule has 1 fully saturated rings. The summed E-state index contributed by atoms with van der Waals surface area (Å²) in [4.78, 5) is 10.9. The van der Waals surface area contributed by atoms with E-state index in [2.05, 4.69) is 36.2 Å². The Bertz CT molecular complexity index is 748. The molecule has 2 aromatic rings. The monoisotopic (exact) mass is 345 g/mol. The number of fused-ring (bicyclic) bond motifs is 3. The van der Waals surface area contributed by atoms with Gasteiger partial charge in [0.2, 0.25) is 5.95 Å². The molecule has 1 unspecified atom stereocenters. The van der Waals surface area contributed by atoms with E-state index in [1.165, 1.54) is 28.0 Å². The number of nitrogens with two attached hydrogens (primary N) is 1. The summed E-state index contributed by atoms with van der Waals surface area (Å²) in [5.41, 5.74) is 12.3. The highest BCUT2D eigenvalue weighted by Crippen LogP contribution is 2.42. The van der Waals surface area contributed by atoms with E-state index in [-0.39, 0.29) is 6.04 Å². The summed E-state index contributed by atoms with van der Waals surface area (Å²) in [5.74, 6) is 1.43. The maximum atomic E-state index is 5.98. The van der Waals surface area contributed by atoms with Gasteiger partial charge in [0.1, 0.15) is 0 Å². The van der Waals surface area contributed by atoms with E-state index in [9.17, 15) is 0 Å². The number of aryl methyl sites for hydroxylation is 1. The van der Waals surface area contributed by atoms with Gasteiger partial charge in [-0.3, -0.25) is 5.43 Å². The number of thiophene rings is 1. The van der Waals surface area contributed by atoms with Crippen molar-refractivity contribution >= 4 is 27.5 Å². The molecule has 3 N–H and O–H groups in total. The molecule has 0 saturated carbocycles. The van der Waals surface area contributed by atoms with Crippen molar-refractivity contribution in [1.82, 2.24) is 15.0 Å². The van der Waals surface area contributed by atoms with Gasteiger partial charge in [-0.1, -0.05) is 20.8 Å². The number of rotatable bonds is 2. The van der Waals surface area contributed by atoms with Gasteiger partial charge in [-0.25, -0.2) is 15.0 Å². The number of hydrogen-bond acceptors (Lipinski definition) is 6. The maximum absolute atomic E-state index is 5.98. The molecule has 4 rings (SSSR count). The summed E-state index contributed by atoms with van der Waals surface area (Å²) in [6.07, 6.45) is 6.62. The number of hydrazine groups is 1. The van der Waals surface area contributed by atoms with Gasteiger partial charge < -0.3 is 5.73 Å². The summed E-state index contributed by atoms with van der Waals surface area (Å²) >= 11 is 1.88. The largest absolute Gasteiger partial charge is 0.326 e. The predicted octanol–water partition coefficient (Wildman–Crippen LogP) is 3.20. The summed E-state index contributed by atoms with van der Waals surface area (Å²) in [6.45, 7) is 8.88. The van der Waals surface area contributed by atoms with E-state index in [4.69, 9.17) is 10.7 Å². The standard InChI is InChI=1S/C18H27N5S/c1-18(2,3)11-4-5-14-13(8-11)16-15(24-14)9-20-17(21-16)22-23-7-6-12(19)10-23/h9,11-12H,4-8,10,19H2,1-3H3,(H,20,21,22)/t11?,12-/m0/s1. The number of aromatic nitrogens is 2. The second-order valence-electron chi connectivity index (χ2n) is 8.32. The van der Waals surface area contributed by atoms with Crippen LogP contribution in [0.5, 0.6) is 0 Å². The molecule has 1 saturated heterocycles. The lowest BCUT2D eigenvalue weighted by Gasteiger charge is -2.33. The molecule has 130 valence electrons. The third kappa shape index (κ3) is 3.03. The fourth-order valence-corrected chi connectivity index (χ4v) is 5.04. The van der Waals surface area contributed by atoms with Gasteiger partial charge in [-0.2, -0.15) is 0 Å². The van der Waals surface area contributed by atoms with Crippen molar-refractivity contribution in [2.75, 3.05) is 18.5 Å². The number of anilines is 1. The molecule has 5 nitrogen and oxygen atoms in total. The Morgan fingerprint density at radius 1 is 1.33 bits per heavy atom. The average Bonchev–Trinajstić information content (AvgIpc) is 3.09. The molecule has 0 amide bonds. The Morgan fingerprint density at radius 3 is 2.88 bits per heavy atom. The Hall–Kier alpha value is -1.24. The highest BCUT2D eigenvalue weighted by Gasteiger charge is 2.31. The van der Waals surface area contributed by atoms with Crippen molar-refractivity contribution in [3.8, 4) is 0 Å². The first-order valence-corrected chi connectivity index (χ1v) is 9.76. The maximum Gasteiger partial charge on any atom is 0.238 e. The highest BCUT2D eigenvalue weighted by atomic mass is 32.1. The first-order chi connectivity index (χ1) is 11.4. The van der Waals surface area contributed by atoms with E-state index in [1.807, 2.05) is 17.5 Å². The van der Waals surface area contributed by atoms with Crippen molar-refractivity contribution < 1.29 is 0 Å². The Morgan fingerprint density at radius 2 is 2.17 bits per heavy atom. The van der Waals surface area contributed by atoms with Crippen molar-refractivity contribution in [1.29, 1.82) is 0 Å². The first-order valence-electron chi connectivity index (χ1n) is 8.94.